The van der Waals surface area contributed by atoms with Crippen LogP contribution in [0, 0.1) is 12.7 Å². The summed E-state index contributed by atoms with van der Waals surface area (Å²) in [6.45, 7) is 8.06. The molecule has 1 aliphatic rings. The first-order chi connectivity index (χ1) is 13.5. The van der Waals surface area contributed by atoms with Crippen molar-refractivity contribution in [3.8, 4) is 11.6 Å². The highest BCUT2D eigenvalue weighted by Crippen LogP contribution is 2.26. The van der Waals surface area contributed by atoms with Gasteiger partial charge in [-0.15, -0.1) is 0 Å². The van der Waals surface area contributed by atoms with Crippen LogP contribution >= 0.6 is 0 Å². The number of aromatic nitrogens is 2. The van der Waals surface area contributed by atoms with Crippen LogP contribution in [0.15, 0.2) is 30.6 Å². The van der Waals surface area contributed by atoms with E-state index in [1.165, 1.54) is 12.4 Å². The molecule has 0 saturated carbocycles. The molecule has 1 aromatic heterocycles. The second kappa shape index (κ2) is 8.99. The van der Waals surface area contributed by atoms with E-state index in [1.807, 2.05) is 11.8 Å². The van der Waals surface area contributed by atoms with Gasteiger partial charge >= 0.3 is 0 Å². The fraction of sp³-hybridized carbons (Fsp3) is 0.476. The minimum absolute atomic E-state index is 0.103. The Morgan fingerprint density at radius 2 is 2.11 bits per heavy atom. The Bertz CT molecular complexity index is 830. The van der Waals surface area contributed by atoms with Crippen LogP contribution < -0.4 is 9.64 Å². The lowest BCUT2D eigenvalue weighted by atomic mass is 10.1. The number of benzene rings is 1. The number of hydrogen-bond acceptors (Lipinski definition) is 5. The summed E-state index contributed by atoms with van der Waals surface area (Å²) in [5.74, 6) is 0.938. The Balaban J connectivity index is 1.68. The number of nitrogens with zero attached hydrogens (tertiary/aromatic N) is 4. The van der Waals surface area contributed by atoms with E-state index in [0.29, 0.717) is 37.8 Å². The summed E-state index contributed by atoms with van der Waals surface area (Å²) in [5, 5.41) is 0. The van der Waals surface area contributed by atoms with Gasteiger partial charge in [0.05, 0.1) is 0 Å². The van der Waals surface area contributed by atoms with Crippen LogP contribution in [0.5, 0.6) is 11.6 Å². The first-order valence-corrected chi connectivity index (χ1v) is 9.78. The molecule has 0 bridgehead atoms. The van der Waals surface area contributed by atoms with E-state index in [-0.39, 0.29) is 17.7 Å². The second-order valence-corrected chi connectivity index (χ2v) is 7.24. The summed E-state index contributed by atoms with van der Waals surface area (Å²) in [4.78, 5) is 24.9. The molecule has 1 aliphatic heterocycles. The highest BCUT2D eigenvalue weighted by molar-refractivity contribution is 5.76. The number of rotatable bonds is 6. The summed E-state index contributed by atoms with van der Waals surface area (Å²) in [7, 11) is 0. The molecule has 1 amide bonds. The highest BCUT2D eigenvalue weighted by Gasteiger charge is 2.27. The van der Waals surface area contributed by atoms with Crippen LogP contribution in [0.2, 0.25) is 0 Å². The van der Waals surface area contributed by atoms with Gasteiger partial charge in [0.15, 0.2) is 11.6 Å². The van der Waals surface area contributed by atoms with Gasteiger partial charge in [0.25, 0.3) is 0 Å². The van der Waals surface area contributed by atoms with Gasteiger partial charge in [-0.1, -0.05) is 19.4 Å². The summed E-state index contributed by atoms with van der Waals surface area (Å²) in [5.41, 5.74) is 0.906. The maximum Gasteiger partial charge on any atom is 0.224 e. The topological polar surface area (TPSA) is 58.6 Å². The van der Waals surface area contributed by atoms with Crippen LogP contribution in [-0.4, -0.2) is 46.5 Å². The quantitative estimate of drug-likeness (QED) is 0.753. The standard InChI is InChI=1S/C21H27FN4O2/c1-4-5-6-21(27)26-10-9-25(13-16(26)3)19-12-20(24-14-23-19)28-18-11-15(2)7-8-17(18)22/h7-8,11-12,14,16H,4-6,9-10,13H2,1-3H3/t16-/m1/s1. The molecule has 1 saturated heterocycles. The van der Waals surface area contributed by atoms with Crippen LogP contribution in [-0.2, 0) is 4.79 Å². The Labute approximate surface area is 165 Å². The van der Waals surface area contributed by atoms with Crippen LogP contribution in [0.1, 0.15) is 38.7 Å². The lowest BCUT2D eigenvalue weighted by Gasteiger charge is -2.40. The van der Waals surface area contributed by atoms with E-state index in [4.69, 9.17) is 4.74 Å². The van der Waals surface area contributed by atoms with Gasteiger partial charge in [0.2, 0.25) is 11.8 Å². The van der Waals surface area contributed by atoms with Crippen molar-refractivity contribution in [3.05, 3.63) is 42.0 Å². The van der Waals surface area contributed by atoms with Crippen molar-refractivity contribution < 1.29 is 13.9 Å². The lowest BCUT2D eigenvalue weighted by Crippen LogP contribution is -2.54. The van der Waals surface area contributed by atoms with Crippen LogP contribution in [0.4, 0.5) is 10.2 Å². The molecule has 1 atom stereocenters. The smallest absolute Gasteiger partial charge is 0.224 e. The summed E-state index contributed by atoms with van der Waals surface area (Å²) in [6.07, 6.45) is 3.97. The van der Waals surface area contributed by atoms with E-state index in [9.17, 15) is 9.18 Å². The molecule has 3 rings (SSSR count). The van der Waals surface area contributed by atoms with Crippen molar-refractivity contribution in [3.63, 3.8) is 0 Å². The number of carbonyl (C=O) groups is 1. The molecule has 28 heavy (non-hydrogen) atoms. The Kier molecular flexibility index (Phi) is 6.44. The average Bonchev–Trinajstić information content (AvgIpc) is 2.69. The zero-order valence-corrected chi connectivity index (χ0v) is 16.7. The number of amides is 1. The average molecular weight is 386 g/mol. The molecule has 0 radical (unpaired) electrons. The van der Waals surface area contributed by atoms with Crippen LogP contribution in [0.25, 0.3) is 0 Å². The molecule has 0 unspecified atom stereocenters. The third kappa shape index (κ3) is 4.77. The number of carbonyl (C=O) groups excluding carboxylic acids is 1. The van der Waals surface area contributed by atoms with Crippen molar-refractivity contribution in [1.29, 1.82) is 0 Å². The van der Waals surface area contributed by atoms with Gasteiger partial charge in [-0.3, -0.25) is 4.79 Å². The van der Waals surface area contributed by atoms with E-state index in [2.05, 4.69) is 28.7 Å². The lowest BCUT2D eigenvalue weighted by molar-refractivity contribution is -0.133. The number of halogens is 1. The number of anilines is 1. The molecule has 1 aromatic carbocycles. The summed E-state index contributed by atoms with van der Waals surface area (Å²) < 4.78 is 19.6. The number of aryl methyl sites for hydroxylation is 1. The van der Waals surface area contributed by atoms with Gasteiger partial charge in [-0.25, -0.2) is 14.4 Å². The van der Waals surface area contributed by atoms with E-state index < -0.39 is 5.82 Å². The van der Waals surface area contributed by atoms with Crippen LogP contribution in [0.3, 0.4) is 0 Å². The van der Waals surface area contributed by atoms with Gasteiger partial charge in [-0.2, -0.15) is 0 Å². The largest absolute Gasteiger partial charge is 0.436 e. The van der Waals surface area contributed by atoms with Gasteiger partial charge in [-0.05, 0) is 38.0 Å². The predicted octanol–water partition coefficient (Wildman–Crippen LogP) is 3.94. The molecule has 1 fully saturated rings. The first-order valence-electron chi connectivity index (χ1n) is 9.78. The van der Waals surface area contributed by atoms with E-state index in [0.717, 1.165) is 18.4 Å². The van der Waals surface area contributed by atoms with Crippen molar-refractivity contribution >= 4 is 11.7 Å². The zero-order valence-electron chi connectivity index (χ0n) is 16.7. The van der Waals surface area contributed by atoms with Crippen molar-refractivity contribution in [2.45, 2.75) is 46.1 Å². The fourth-order valence-corrected chi connectivity index (χ4v) is 3.37. The summed E-state index contributed by atoms with van der Waals surface area (Å²) >= 11 is 0. The zero-order chi connectivity index (χ0) is 20.1. The monoisotopic (exact) mass is 386 g/mol. The molecular weight excluding hydrogens is 359 g/mol. The molecule has 7 heteroatoms. The molecule has 0 aliphatic carbocycles. The normalized spacial score (nSPS) is 16.9. The second-order valence-electron chi connectivity index (χ2n) is 7.24. The molecule has 150 valence electrons. The minimum atomic E-state index is -0.432. The number of piperazine rings is 1. The van der Waals surface area contributed by atoms with Gasteiger partial charge in [0.1, 0.15) is 12.1 Å². The molecule has 0 spiro atoms. The van der Waals surface area contributed by atoms with Crippen molar-refractivity contribution in [1.82, 2.24) is 14.9 Å². The van der Waals surface area contributed by atoms with E-state index >= 15 is 0 Å². The fourth-order valence-electron chi connectivity index (χ4n) is 3.37. The maximum absolute atomic E-state index is 14.0. The number of unbranched alkanes of at least 4 members (excludes halogenated alkanes) is 1. The Hall–Kier alpha value is -2.70. The molecule has 2 aromatic rings. The first kappa shape index (κ1) is 20.0. The summed E-state index contributed by atoms with van der Waals surface area (Å²) in [6, 6.07) is 6.52. The van der Waals surface area contributed by atoms with Gasteiger partial charge in [0, 0.05) is 38.2 Å². The molecule has 2 heterocycles. The van der Waals surface area contributed by atoms with Crippen molar-refractivity contribution in [2.75, 3.05) is 24.5 Å². The predicted molar refractivity (Wildman–Crippen MR) is 106 cm³/mol. The third-order valence-electron chi connectivity index (χ3n) is 4.94. The molecule has 0 N–H and O–H groups in total. The third-order valence-corrected chi connectivity index (χ3v) is 4.94. The van der Waals surface area contributed by atoms with E-state index in [1.54, 1.807) is 18.2 Å². The highest BCUT2D eigenvalue weighted by atomic mass is 19.1. The Morgan fingerprint density at radius 3 is 2.86 bits per heavy atom. The minimum Gasteiger partial charge on any atom is -0.436 e. The number of ether oxygens (including phenoxy) is 1. The Morgan fingerprint density at radius 1 is 1.29 bits per heavy atom. The SMILES string of the molecule is CCCCC(=O)N1CCN(c2cc(Oc3cc(C)ccc3F)ncn2)C[C@H]1C. The molecule has 6 nitrogen and oxygen atoms in total. The van der Waals surface area contributed by atoms with Gasteiger partial charge < -0.3 is 14.5 Å². The van der Waals surface area contributed by atoms with Crippen molar-refractivity contribution in [2.24, 2.45) is 0 Å². The maximum atomic E-state index is 14.0. The molecular formula is C21H27FN4O2. The number of hydrogen-bond donors (Lipinski definition) is 0.